The Morgan fingerprint density at radius 3 is 2.93 bits per heavy atom. The lowest BCUT2D eigenvalue weighted by molar-refractivity contribution is -0.123. The van der Waals surface area contributed by atoms with E-state index in [4.69, 9.17) is 4.74 Å². The Balaban J connectivity index is 1.74. The maximum absolute atomic E-state index is 14.0. The van der Waals surface area contributed by atoms with Crippen LogP contribution in [0.25, 0.3) is 21.7 Å². The third-order valence-electron chi connectivity index (χ3n) is 5.08. The van der Waals surface area contributed by atoms with Crippen LogP contribution in [-0.4, -0.2) is 41.0 Å². The van der Waals surface area contributed by atoms with Crippen LogP contribution in [0.1, 0.15) is 23.7 Å². The minimum absolute atomic E-state index is 0.119. The molecule has 0 spiro atoms. The number of rotatable bonds is 5. The summed E-state index contributed by atoms with van der Waals surface area (Å²) in [6, 6.07) is 6.77. The number of alkyl halides is 1. The summed E-state index contributed by atoms with van der Waals surface area (Å²) in [5.41, 5.74) is 1.06. The highest BCUT2D eigenvalue weighted by Gasteiger charge is 2.41. The van der Waals surface area contributed by atoms with Crippen LogP contribution in [0.4, 0.5) is 4.39 Å². The number of aldehydes is 1. The Morgan fingerprint density at radius 1 is 1.30 bits per heavy atom. The van der Waals surface area contributed by atoms with Gasteiger partial charge >= 0.3 is 0 Å². The summed E-state index contributed by atoms with van der Waals surface area (Å²) in [7, 11) is 0. The first-order valence-corrected chi connectivity index (χ1v) is 8.83. The molecule has 6 nitrogen and oxygen atoms in total. The van der Waals surface area contributed by atoms with E-state index in [9.17, 15) is 14.0 Å². The molecule has 4 rings (SSSR count). The molecule has 0 bridgehead atoms. The zero-order chi connectivity index (χ0) is 19.0. The van der Waals surface area contributed by atoms with Crippen molar-refractivity contribution in [3.63, 3.8) is 0 Å². The van der Waals surface area contributed by atoms with E-state index < -0.39 is 24.0 Å². The van der Waals surface area contributed by atoms with Gasteiger partial charge in [-0.15, -0.1) is 0 Å². The number of carbonyl (C=O) groups is 2. The van der Waals surface area contributed by atoms with E-state index in [1.165, 1.54) is 0 Å². The summed E-state index contributed by atoms with van der Waals surface area (Å²) in [4.78, 5) is 31.7. The molecule has 0 radical (unpaired) electrons. The molecule has 1 aliphatic rings. The Bertz CT molecular complexity index is 1040. The number of pyridine rings is 2. The number of benzene rings is 1. The number of nitrogens with zero attached hydrogens (tertiary/aromatic N) is 2. The van der Waals surface area contributed by atoms with Gasteiger partial charge < -0.3 is 10.1 Å². The Hall–Kier alpha value is -3.09. The van der Waals surface area contributed by atoms with Crippen LogP contribution in [0, 0.1) is 5.92 Å². The first-order valence-electron chi connectivity index (χ1n) is 8.83. The third-order valence-corrected chi connectivity index (χ3v) is 5.08. The zero-order valence-corrected chi connectivity index (χ0v) is 14.7. The van der Waals surface area contributed by atoms with Crippen molar-refractivity contribution in [3.8, 4) is 5.88 Å². The monoisotopic (exact) mass is 367 g/mol. The number of fused-ring (bicyclic) bond motifs is 3. The van der Waals surface area contributed by atoms with E-state index in [-0.39, 0.29) is 6.61 Å². The van der Waals surface area contributed by atoms with Crippen LogP contribution in [0.15, 0.2) is 36.7 Å². The molecular weight excluding hydrogens is 349 g/mol. The Kier molecular flexibility index (Phi) is 4.43. The molecule has 1 aliphatic heterocycles. The van der Waals surface area contributed by atoms with Crippen LogP contribution >= 0.6 is 0 Å². The van der Waals surface area contributed by atoms with Crippen LogP contribution in [0.2, 0.25) is 0 Å². The average molecular weight is 367 g/mol. The Labute approximate surface area is 154 Å². The fourth-order valence-corrected chi connectivity index (χ4v) is 3.71. The standard InChI is InChI=1S/C20H18FN3O3/c1-2-13-15(24-19(26)17(13)21)10-27-20-16-11(5-7-23-20)8-12(9-25)18-14(16)4-3-6-22-18/h3-9,13,15,17H,2,10H2,1H3,(H,24,26). The highest BCUT2D eigenvalue weighted by molar-refractivity contribution is 6.13. The minimum Gasteiger partial charge on any atom is -0.475 e. The largest absolute Gasteiger partial charge is 0.475 e. The molecule has 0 saturated carbocycles. The molecule has 1 amide bonds. The van der Waals surface area contributed by atoms with Gasteiger partial charge in [0, 0.05) is 29.3 Å². The van der Waals surface area contributed by atoms with Crippen molar-refractivity contribution < 1.29 is 18.7 Å². The zero-order valence-electron chi connectivity index (χ0n) is 14.7. The lowest BCUT2D eigenvalue weighted by Crippen LogP contribution is -2.34. The molecule has 2 aromatic heterocycles. The third kappa shape index (κ3) is 2.89. The van der Waals surface area contributed by atoms with Crippen LogP contribution in [0.3, 0.4) is 0 Å². The number of hydrogen-bond acceptors (Lipinski definition) is 5. The van der Waals surface area contributed by atoms with Crippen LogP contribution in [-0.2, 0) is 4.79 Å². The number of aromatic nitrogens is 2. The maximum atomic E-state index is 14.0. The summed E-state index contributed by atoms with van der Waals surface area (Å²) in [5, 5.41) is 4.94. The number of amides is 1. The number of halogens is 1. The fraction of sp³-hybridized carbons (Fsp3) is 0.300. The van der Waals surface area contributed by atoms with Crippen LogP contribution in [0.5, 0.6) is 5.88 Å². The molecule has 3 unspecified atom stereocenters. The SMILES string of the molecule is CCC1C(COc2nccc3cc(C=O)c4ncccc4c23)NC(=O)C1F. The first-order chi connectivity index (χ1) is 13.1. The summed E-state index contributed by atoms with van der Waals surface area (Å²) in [5.74, 6) is -0.645. The predicted molar refractivity (Wildman–Crippen MR) is 98.5 cm³/mol. The summed E-state index contributed by atoms with van der Waals surface area (Å²) in [6.07, 6.45) is 3.02. The van der Waals surface area contributed by atoms with Crippen molar-refractivity contribution in [1.82, 2.24) is 15.3 Å². The van der Waals surface area contributed by atoms with Gasteiger partial charge in [-0.1, -0.05) is 13.0 Å². The first kappa shape index (κ1) is 17.3. The molecule has 7 heteroatoms. The van der Waals surface area contributed by atoms with Gasteiger partial charge in [0.1, 0.15) is 6.61 Å². The lowest BCUT2D eigenvalue weighted by atomic mass is 9.97. The van der Waals surface area contributed by atoms with Gasteiger partial charge in [-0.2, -0.15) is 0 Å². The van der Waals surface area contributed by atoms with Crippen molar-refractivity contribution >= 4 is 33.9 Å². The second-order valence-corrected chi connectivity index (χ2v) is 6.60. The van der Waals surface area contributed by atoms with Gasteiger partial charge in [0.05, 0.1) is 16.9 Å². The van der Waals surface area contributed by atoms with Gasteiger partial charge in [0.2, 0.25) is 5.88 Å². The van der Waals surface area contributed by atoms with Crippen molar-refractivity contribution in [2.24, 2.45) is 5.92 Å². The second kappa shape index (κ2) is 6.90. The minimum atomic E-state index is -1.51. The van der Waals surface area contributed by atoms with E-state index in [1.807, 2.05) is 13.0 Å². The second-order valence-electron chi connectivity index (χ2n) is 6.60. The topological polar surface area (TPSA) is 81.2 Å². The molecule has 1 N–H and O–H groups in total. The molecule has 3 atom stereocenters. The molecule has 1 aromatic carbocycles. The molecule has 138 valence electrons. The molecule has 0 aliphatic carbocycles. The fourth-order valence-electron chi connectivity index (χ4n) is 3.71. The van der Waals surface area contributed by atoms with Gasteiger partial charge in [-0.3, -0.25) is 14.6 Å². The number of carbonyl (C=O) groups excluding carboxylic acids is 2. The van der Waals surface area contributed by atoms with Gasteiger partial charge in [0.15, 0.2) is 12.5 Å². The van der Waals surface area contributed by atoms with Crippen LogP contribution < -0.4 is 10.1 Å². The van der Waals surface area contributed by atoms with Crippen molar-refractivity contribution in [3.05, 3.63) is 42.2 Å². The number of nitrogens with one attached hydrogen (secondary N) is 1. The van der Waals surface area contributed by atoms with Crippen molar-refractivity contribution in [2.75, 3.05) is 6.61 Å². The average Bonchev–Trinajstić information content (AvgIpc) is 2.98. The molecular formula is C20H18FN3O3. The molecule has 1 fully saturated rings. The normalized spacial score (nSPS) is 22.1. The quantitative estimate of drug-likeness (QED) is 0.554. The van der Waals surface area contributed by atoms with E-state index in [0.717, 1.165) is 22.4 Å². The van der Waals surface area contributed by atoms with Gasteiger partial charge in [-0.05, 0) is 30.0 Å². The lowest BCUT2D eigenvalue weighted by Gasteiger charge is -2.19. The molecule has 3 aromatic rings. The van der Waals surface area contributed by atoms with E-state index in [1.54, 1.807) is 30.6 Å². The van der Waals surface area contributed by atoms with Crippen molar-refractivity contribution in [1.29, 1.82) is 0 Å². The smallest absolute Gasteiger partial charge is 0.255 e. The van der Waals surface area contributed by atoms with Gasteiger partial charge in [-0.25, -0.2) is 9.37 Å². The van der Waals surface area contributed by atoms with Gasteiger partial charge in [0.25, 0.3) is 5.91 Å². The summed E-state index contributed by atoms with van der Waals surface area (Å²) in [6.45, 7) is 1.97. The molecule has 27 heavy (non-hydrogen) atoms. The molecule has 3 heterocycles. The predicted octanol–water partition coefficient (Wildman–Crippen LogP) is 2.84. The number of hydrogen-bond donors (Lipinski definition) is 1. The van der Waals surface area contributed by atoms with Crippen molar-refractivity contribution in [2.45, 2.75) is 25.6 Å². The highest BCUT2D eigenvalue weighted by Crippen LogP contribution is 2.33. The summed E-state index contributed by atoms with van der Waals surface area (Å²) < 4.78 is 19.9. The van der Waals surface area contributed by atoms with E-state index in [2.05, 4.69) is 15.3 Å². The Morgan fingerprint density at radius 2 is 2.15 bits per heavy atom. The molecule has 1 saturated heterocycles. The van der Waals surface area contributed by atoms with E-state index in [0.29, 0.717) is 23.4 Å². The van der Waals surface area contributed by atoms with E-state index >= 15 is 0 Å². The summed E-state index contributed by atoms with van der Waals surface area (Å²) >= 11 is 0. The number of ether oxygens (including phenoxy) is 1. The maximum Gasteiger partial charge on any atom is 0.255 e. The highest BCUT2D eigenvalue weighted by atomic mass is 19.1.